The van der Waals surface area contributed by atoms with Crippen LogP contribution >= 0.6 is 0 Å². The Labute approximate surface area is 99.9 Å². The first-order chi connectivity index (χ1) is 8.08. The summed E-state index contributed by atoms with van der Waals surface area (Å²) in [5.74, 6) is -0.359. The maximum absolute atomic E-state index is 11.9. The van der Waals surface area contributed by atoms with E-state index in [-0.39, 0.29) is 18.7 Å². The molecule has 1 saturated carbocycles. The second-order valence-corrected chi connectivity index (χ2v) is 4.85. The average Bonchev–Trinajstić information content (AvgIpc) is 2.27. The first-order valence-corrected chi connectivity index (χ1v) is 5.95. The minimum absolute atomic E-state index is 0.0732. The third-order valence-electron chi connectivity index (χ3n) is 3.38. The first kappa shape index (κ1) is 12.2. The van der Waals surface area contributed by atoms with E-state index in [0.717, 1.165) is 12.8 Å². The Morgan fingerprint density at radius 1 is 1.41 bits per heavy atom. The molecule has 6 nitrogen and oxygen atoms in total. The van der Waals surface area contributed by atoms with Gasteiger partial charge in [0.1, 0.15) is 0 Å². The molecule has 2 amide bonds. The van der Waals surface area contributed by atoms with Gasteiger partial charge in [-0.15, -0.1) is 0 Å². The van der Waals surface area contributed by atoms with E-state index in [0.29, 0.717) is 19.1 Å². The summed E-state index contributed by atoms with van der Waals surface area (Å²) in [6.45, 7) is 2.95. The van der Waals surface area contributed by atoms with Gasteiger partial charge in [0.15, 0.2) is 6.04 Å². The van der Waals surface area contributed by atoms with Crippen molar-refractivity contribution in [2.75, 3.05) is 19.8 Å². The van der Waals surface area contributed by atoms with Crippen molar-refractivity contribution < 1.29 is 19.4 Å². The van der Waals surface area contributed by atoms with Crippen LogP contribution in [0.5, 0.6) is 0 Å². The Morgan fingerprint density at radius 3 is 2.71 bits per heavy atom. The van der Waals surface area contributed by atoms with E-state index in [4.69, 9.17) is 9.84 Å². The van der Waals surface area contributed by atoms with Gasteiger partial charge in [0.25, 0.3) is 0 Å². The molecular formula is C11H18N2O4. The van der Waals surface area contributed by atoms with Gasteiger partial charge >= 0.3 is 12.0 Å². The van der Waals surface area contributed by atoms with E-state index in [1.54, 1.807) is 0 Å². The van der Waals surface area contributed by atoms with Crippen molar-refractivity contribution >= 4 is 12.0 Å². The van der Waals surface area contributed by atoms with Crippen molar-refractivity contribution in [3.63, 3.8) is 0 Å². The molecule has 0 bridgehead atoms. The molecule has 2 rings (SSSR count). The zero-order valence-electron chi connectivity index (χ0n) is 9.89. The average molecular weight is 242 g/mol. The molecule has 1 aliphatic carbocycles. The molecule has 1 aliphatic heterocycles. The zero-order chi connectivity index (χ0) is 12.4. The molecule has 1 unspecified atom stereocenters. The molecule has 1 heterocycles. The Bertz CT molecular complexity index is 315. The fourth-order valence-corrected chi connectivity index (χ4v) is 2.33. The van der Waals surface area contributed by atoms with E-state index in [1.165, 1.54) is 4.90 Å². The van der Waals surface area contributed by atoms with Gasteiger partial charge in [0, 0.05) is 12.6 Å². The number of urea groups is 1. The third kappa shape index (κ3) is 2.69. The van der Waals surface area contributed by atoms with Crippen molar-refractivity contribution in [3.05, 3.63) is 0 Å². The van der Waals surface area contributed by atoms with Gasteiger partial charge in [0.05, 0.1) is 13.2 Å². The normalized spacial score (nSPS) is 32.8. The third-order valence-corrected chi connectivity index (χ3v) is 3.38. The van der Waals surface area contributed by atoms with E-state index < -0.39 is 12.0 Å². The molecule has 0 spiro atoms. The first-order valence-electron chi connectivity index (χ1n) is 5.95. The highest BCUT2D eigenvalue weighted by atomic mass is 16.5. The van der Waals surface area contributed by atoms with Gasteiger partial charge in [-0.05, 0) is 18.8 Å². The molecule has 2 aliphatic rings. The van der Waals surface area contributed by atoms with Gasteiger partial charge in [-0.1, -0.05) is 6.92 Å². The predicted octanol–water partition coefficient (Wildman–Crippen LogP) is 0.280. The summed E-state index contributed by atoms with van der Waals surface area (Å²) >= 11 is 0. The number of aliphatic carboxylic acids is 1. The number of ether oxygens (including phenoxy) is 1. The van der Waals surface area contributed by atoms with Gasteiger partial charge in [-0.2, -0.15) is 0 Å². The summed E-state index contributed by atoms with van der Waals surface area (Å²) in [5.41, 5.74) is 0. The van der Waals surface area contributed by atoms with Crippen LogP contribution in [0.1, 0.15) is 19.8 Å². The number of hydrogen-bond acceptors (Lipinski definition) is 3. The van der Waals surface area contributed by atoms with Crippen molar-refractivity contribution in [2.45, 2.75) is 31.8 Å². The zero-order valence-corrected chi connectivity index (χ0v) is 9.89. The molecule has 0 radical (unpaired) electrons. The van der Waals surface area contributed by atoms with Crippen LogP contribution < -0.4 is 5.32 Å². The Kier molecular flexibility index (Phi) is 3.51. The van der Waals surface area contributed by atoms with Crippen molar-refractivity contribution in [1.82, 2.24) is 10.2 Å². The second-order valence-electron chi connectivity index (χ2n) is 4.85. The number of nitrogens with one attached hydrogen (secondary N) is 1. The molecule has 17 heavy (non-hydrogen) atoms. The summed E-state index contributed by atoms with van der Waals surface area (Å²) in [4.78, 5) is 24.3. The van der Waals surface area contributed by atoms with Crippen LogP contribution in [0.3, 0.4) is 0 Å². The summed E-state index contributed by atoms with van der Waals surface area (Å²) in [6.07, 6.45) is 1.96. The lowest BCUT2D eigenvalue weighted by molar-refractivity contribution is -0.147. The molecule has 6 heteroatoms. The van der Waals surface area contributed by atoms with Crippen LogP contribution in [0.4, 0.5) is 4.79 Å². The quantitative estimate of drug-likeness (QED) is 0.729. The number of carbonyl (C=O) groups is 2. The number of rotatable bonds is 2. The van der Waals surface area contributed by atoms with Crippen LogP contribution in [0, 0.1) is 5.92 Å². The number of carbonyl (C=O) groups excluding carboxylic acids is 1. The van der Waals surface area contributed by atoms with Crippen molar-refractivity contribution in [3.8, 4) is 0 Å². The van der Waals surface area contributed by atoms with Crippen molar-refractivity contribution in [1.29, 1.82) is 0 Å². The molecular weight excluding hydrogens is 224 g/mol. The molecule has 0 aromatic carbocycles. The number of hydrogen-bond donors (Lipinski definition) is 2. The molecule has 0 aromatic rings. The highest BCUT2D eigenvalue weighted by Gasteiger charge is 2.35. The summed E-state index contributed by atoms with van der Waals surface area (Å²) < 4.78 is 5.08. The van der Waals surface area contributed by atoms with E-state index in [2.05, 4.69) is 12.2 Å². The highest BCUT2D eigenvalue weighted by Crippen LogP contribution is 2.26. The van der Waals surface area contributed by atoms with E-state index in [9.17, 15) is 9.59 Å². The van der Waals surface area contributed by atoms with Gasteiger partial charge in [-0.3, -0.25) is 0 Å². The maximum Gasteiger partial charge on any atom is 0.328 e. The number of carboxylic acids is 1. The lowest BCUT2D eigenvalue weighted by Gasteiger charge is -2.38. The molecule has 1 saturated heterocycles. The highest BCUT2D eigenvalue weighted by molar-refractivity contribution is 5.83. The summed E-state index contributed by atoms with van der Waals surface area (Å²) in [5, 5.41) is 11.9. The molecule has 2 N–H and O–H groups in total. The SMILES string of the molecule is CC1CC(NC(=O)N2CCOCC2C(=O)O)C1. The Morgan fingerprint density at radius 2 is 2.12 bits per heavy atom. The van der Waals surface area contributed by atoms with Crippen LogP contribution in [-0.4, -0.2) is 53.8 Å². The van der Waals surface area contributed by atoms with E-state index in [1.807, 2.05) is 0 Å². The standard InChI is InChI=1S/C11H18N2O4/c1-7-4-8(5-7)12-11(16)13-2-3-17-6-9(13)10(14)15/h7-9H,2-6H2,1H3,(H,12,16)(H,14,15). The molecule has 2 fully saturated rings. The van der Waals surface area contributed by atoms with Crippen LogP contribution in [0.25, 0.3) is 0 Å². The number of amides is 2. The molecule has 0 aromatic heterocycles. The van der Waals surface area contributed by atoms with Crippen LogP contribution in [-0.2, 0) is 9.53 Å². The molecule has 96 valence electrons. The summed E-state index contributed by atoms with van der Waals surface area (Å²) in [7, 11) is 0. The second kappa shape index (κ2) is 4.91. The number of carboxylic acid groups (broad SMARTS) is 1. The Hall–Kier alpha value is -1.30. The topological polar surface area (TPSA) is 78.9 Å². The smallest absolute Gasteiger partial charge is 0.328 e. The lowest BCUT2D eigenvalue weighted by atomic mass is 9.82. The fourth-order valence-electron chi connectivity index (χ4n) is 2.33. The van der Waals surface area contributed by atoms with Gasteiger partial charge in [-0.25, -0.2) is 9.59 Å². The number of morpholine rings is 1. The Balaban J connectivity index is 1.89. The van der Waals surface area contributed by atoms with Crippen molar-refractivity contribution in [2.24, 2.45) is 5.92 Å². The summed E-state index contributed by atoms with van der Waals surface area (Å²) in [6, 6.07) is -0.936. The van der Waals surface area contributed by atoms with E-state index >= 15 is 0 Å². The predicted molar refractivity (Wildman–Crippen MR) is 59.7 cm³/mol. The minimum atomic E-state index is -1.01. The lowest BCUT2D eigenvalue weighted by Crippen LogP contribution is -2.58. The monoisotopic (exact) mass is 242 g/mol. The van der Waals surface area contributed by atoms with Gasteiger partial charge < -0.3 is 20.1 Å². The van der Waals surface area contributed by atoms with Crippen LogP contribution in [0.15, 0.2) is 0 Å². The minimum Gasteiger partial charge on any atom is -0.480 e. The molecule has 1 atom stereocenters. The van der Waals surface area contributed by atoms with Crippen LogP contribution in [0.2, 0.25) is 0 Å². The fraction of sp³-hybridized carbons (Fsp3) is 0.818. The maximum atomic E-state index is 11.9. The number of nitrogens with zero attached hydrogens (tertiary/aromatic N) is 1. The largest absolute Gasteiger partial charge is 0.480 e. The van der Waals surface area contributed by atoms with Gasteiger partial charge in [0.2, 0.25) is 0 Å².